The van der Waals surface area contributed by atoms with Gasteiger partial charge in [-0.05, 0) is 0 Å². The molecular formula is C8H14Cl2O4. The molecule has 5 atom stereocenters. The summed E-state index contributed by atoms with van der Waals surface area (Å²) in [7, 11) is 2.98. The highest BCUT2D eigenvalue weighted by molar-refractivity contribution is 6.23. The molecule has 0 radical (unpaired) electrons. The third-order valence-electron chi connectivity index (χ3n) is 2.28. The summed E-state index contributed by atoms with van der Waals surface area (Å²) in [6.45, 7) is 0. The van der Waals surface area contributed by atoms with E-state index in [1.165, 1.54) is 14.2 Å². The van der Waals surface area contributed by atoms with Crippen molar-refractivity contribution >= 4 is 23.2 Å². The number of methoxy groups -OCH3 is 2. The van der Waals surface area contributed by atoms with E-state index < -0.39 is 30.0 Å². The van der Waals surface area contributed by atoms with E-state index in [2.05, 4.69) is 0 Å². The van der Waals surface area contributed by atoms with E-state index in [0.29, 0.717) is 0 Å². The minimum atomic E-state index is -1.05. The Morgan fingerprint density at radius 1 is 1.29 bits per heavy atom. The zero-order valence-corrected chi connectivity index (χ0v) is 9.53. The number of ether oxygens (including phenoxy) is 3. The van der Waals surface area contributed by atoms with Gasteiger partial charge in [0.1, 0.15) is 12.2 Å². The van der Waals surface area contributed by atoms with Crippen molar-refractivity contribution in [1.29, 1.82) is 0 Å². The fraction of sp³-hybridized carbons (Fsp3) is 1.00. The number of hydrogen-bond acceptors (Lipinski definition) is 4. The predicted octanol–water partition coefficient (Wildman–Crippen LogP) is 0.580. The molecule has 0 aromatic carbocycles. The standard InChI is InChI=1S/C8H14Cl2O4/c1-12-6-5(10)4(3-9)14-8(11)7(6)13-2/h4-8,11H,3H2,1-2H3/t4-,5+,6-,7-,8-/m1/s1. The molecule has 1 N–H and O–H groups in total. The molecule has 0 unspecified atom stereocenters. The average molecular weight is 245 g/mol. The molecule has 0 spiro atoms. The third kappa shape index (κ3) is 2.32. The summed E-state index contributed by atoms with van der Waals surface area (Å²) < 4.78 is 15.4. The molecule has 0 aliphatic carbocycles. The summed E-state index contributed by atoms with van der Waals surface area (Å²) in [5.74, 6) is 0.210. The minimum absolute atomic E-state index is 0.210. The van der Waals surface area contributed by atoms with Crippen molar-refractivity contribution in [3.63, 3.8) is 0 Å². The molecule has 0 aromatic rings. The second-order valence-electron chi connectivity index (χ2n) is 3.06. The fourth-order valence-electron chi connectivity index (χ4n) is 1.52. The van der Waals surface area contributed by atoms with E-state index in [9.17, 15) is 5.11 Å². The average Bonchev–Trinajstić information content (AvgIpc) is 2.20. The Hall–Kier alpha value is 0.420. The summed E-state index contributed by atoms with van der Waals surface area (Å²) >= 11 is 11.7. The van der Waals surface area contributed by atoms with Crippen LogP contribution in [-0.4, -0.2) is 55.2 Å². The molecule has 1 heterocycles. The third-order valence-corrected chi connectivity index (χ3v) is 3.12. The Bertz CT molecular complexity index is 181. The van der Waals surface area contributed by atoms with Gasteiger partial charge in [0.05, 0.1) is 17.4 Å². The summed E-state index contributed by atoms with van der Waals surface area (Å²) in [6, 6.07) is 0. The molecule has 6 heteroatoms. The smallest absolute Gasteiger partial charge is 0.184 e. The summed E-state index contributed by atoms with van der Waals surface area (Å²) in [5, 5.41) is 9.12. The van der Waals surface area contributed by atoms with E-state index in [0.717, 1.165) is 0 Å². The maximum Gasteiger partial charge on any atom is 0.184 e. The van der Waals surface area contributed by atoms with Gasteiger partial charge < -0.3 is 19.3 Å². The van der Waals surface area contributed by atoms with Crippen LogP contribution in [0.1, 0.15) is 0 Å². The monoisotopic (exact) mass is 244 g/mol. The Balaban J connectivity index is 2.73. The molecule has 4 nitrogen and oxygen atoms in total. The van der Waals surface area contributed by atoms with E-state index in [1.54, 1.807) is 0 Å². The molecular weight excluding hydrogens is 231 g/mol. The number of hydrogen-bond donors (Lipinski definition) is 1. The largest absolute Gasteiger partial charge is 0.377 e. The Morgan fingerprint density at radius 2 is 1.86 bits per heavy atom. The number of rotatable bonds is 3. The van der Waals surface area contributed by atoms with Crippen molar-refractivity contribution in [2.75, 3.05) is 20.1 Å². The molecule has 1 aliphatic heterocycles. The first-order valence-corrected chi connectivity index (χ1v) is 5.22. The van der Waals surface area contributed by atoms with Gasteiger partial charge >= 0.3 is 0 Å². The van der Waals surface area contributed by atoms with Crippen molar-refractivity contribution in [3.8, 4) is 0 Å². The number of alkyl halides is 2. The van der Waals surface area contributed by atoms with Gasteiger partial charge in [-0.2, -0.15) is 0 Å². The quantitative estimate of drug-likeness (QED) is 0.739. The fourth-order valence-corrected chi connectivity index (χ4v) is 2.27. The SMILES string of the molecule is CO[C@@H]1[C@@H](Cl)[C@@H](CCl)O[C@@H](O)[C@@H]1OC. The summed E-state index contributed by atoms with van der Waals surface area (Å²) in [5.41, 5.74) is 0. The van der Waals surface area contributed by atoms with Crippen molar-refractivity contribution in [3.05, 3.63) is 0 Å². The van der Waals surface area contributed by atoms with Gasteiger partial charge in [0.25, 0.3) is 0 Å². The molecule has 0 amide bonds. The van der Waals surface area contributed by atoms with Gasteiger partial charge in [-0.15, -0.1) is 23.2 Å². The Labute approximate surface area is 93.0 Å². The van der Waals surface area contributed by atoms with Crippen molar-refractivity contribution in [2.24, 2.45) is 0 Å². The highest BCUT2D eigenvalue weighted by atomic mass is 35.5. The van der Waals surface area contributed by atoms with E-state index in [-0.39, 0.29) is 5.88 Å². The number of aliphatic hydroxyl groups is 1. The molecule has 84 valence electrons. The van der Waals surface area contributed by atoms with E-state index in [1.807, 2.05) is 0 Å². The molecule has 0 aromatic heterocycles. The van der Waals surface area contributed by atoms with Crippen LogP contribution >= 0.6 is 23.2 Å². The maximum atomic E-state index is 9.55. The van der Waals surface area contributed by atoms with Gasteiger partial charge in [-0.1, -0.05) is 0 Å². The van der Waals surface area contributed by atoms with Crippen molar-refractivity contribution in [2.45, 2.75) is 30.0 Å². The minimum Gasteiger partial charge on any atom is -0.377 e. The zero-order valence-electron chi connectivity index (χ0n) is 8.02. The lowest BCUT2D eigenvalue weighted by molar-refractivity contribution is -0.251. The first-order chi connectivity index (χ1) is 6.65. The van der Waals surface area contributed by atoms with Gasteiger partial charge in [0.15, 0.2) is 6.29 Å². The van der Waals surface area contributed by atoms with Crippen LogP contribution in [0.3, 0.4) is 0 Å². The lowest BCUT2D eigenvalue weighted by Crippen LogP contribution is -2.57. The van der Waals surface area contributed by atoms with Crippen molar-refractivity contribution < 1.29 is 19.3 Å². The van der Waals surface area contributed by atoms with E-state index >= 15 is 0 Å². The van der Waals surface area contributed by atoms with E-state index in [4.69, 9.17) is 37.4 Å². The lowest BCUT2D eigenvalue weighted by atomic mass is 10.0. The van der Waals surface area contributed by atoms with Gasteiger partial charge in [0.2, 0.25) is 0 Å². The summed E-state index contributed by atoms with van der Waals surface area (Å²) in [4.78, 5) is 0. The van der Waals surface area contributed by atoms with Crippen LogP contribution < -0.4 is 0 Å². The lowest BCUT2D eigenvalue weighted by Gasteiger charge is -2.40. The van der Waals surface area contributed by atoms with Crippen LogP contribution in [0.15, 0.2) is 0 Å². The predicted molar refractivity (Wildman–Crippen MR) is 52.8 cm³/mol. The number of aliphatic hydroxyl groups excluding tert-OH is 1. The maximum absolute atomic E-state index is 9.55. The highest BCUT2D eigenvalue weighted by Gasteiger charge is 2.44. The summed E-state index contributed by atoms with van der Waals surface area (Å²) in [6.07, 6.45) is -2.48. The number of halogens is 2. The second-order valence-corrected chi connectivity index (χ2v) is 3.88. The van der Waals surface area contributed by atoms with Gasteiger partial charge in [-0.3, -0.25) is 0 Å². The topological polar surface area (TPSA) is 47.9 Å². The molecule has 1 aliphatic rings. The van der Waals surface area contributed by atoms with Gasteiger partial charge in [-0.25, -0.2) is 0 Å². The first kappa shape index (κ1) is 12.5. The zero-order chi connectivity index (χ0) is 10.7. The normalized spacial score (nSPS) is 43.9. The molecule has 1 rings (SSSR count). The molecule has 1 saturated heterocycles. The molecule has 0 saturated carbocycles. The molecule has 0 bridgehead atoms. The van der Waals surface area contributed by atoms with Crippen LogP contribution in [0.4, 0.5) is 0 Å². The Kier molecular flexibility index (Phi) is 4.90. The van der Waals surface area contributed by atoms with Crippen LogP contribution in [0.2, 0.25) is 0 Å². The van der Waals surface area contributed by atoms with Crippen LogP contribution in [-0.2, 0) is 14.2 Å². The Morgan fingerprint density at radius 3 is 2.29 bits per heavy atom. The first-order valence-electron chi connectivity index (χ1n) is 4.24. The van der Waals surface area contributed by atoms with Crippen molar-refractivity contribution in [1.82, 2.24) is 0 Å². The second kappa shape index (κ2) is 5.49. The van der Waals surface area contributed by atoms with Crippen LogP contribution in [0.25, 0.3) is 0 Å². The molecule has 14 heavy (non-hydrogen) atoms. The van der Waals surface area contributed by atoms with Crippen LogP contribution in [0, 0.1) is 0 Å². The van der Waals surface area contributed by atoms with Crippen LogP contribution in [0.5, 0.6) is 0 Å². The molecule has 1 fully saturated rings. The highest BCUT2D eigenvalue weighted by Crippen LogP contribution is 2.28. The van der Waals surface area contributed by atoms with Gasteiger partial charge in [0, 0.05) is 14.2 Å².